The first-order valence-corrected chi connectivity index (χ1v) is 10.7. The zero-order valence-electron chi connectivity index (χ0n) is 20.6. The first-order valence-electron chi connectivity index (χ1n) is 10.7. The highest BCUT2D eigenvalue weighted by atomic mass is 16.5. The Kier molecular flexibility index (Phi) is 9.64. The van der Waals surface area contributed by atoms with Crippen molar-refractivity contribution in [1.82, 2.24) is 0 Å². The average molecular weight is 439 g/mol. The maximum absolute atomic E-state index is 9.18. The second-order valence-electron chi connectivity index (χ2n) is 9.77. The van der Waals surface area contributed by atoms with E-state index in [0.717, 1.165) is 11.1 Å². The second kappa shape index (κ2) is 11.5. The molecule has 0 aromatic heterocycles. The predicted molar refractivity (Wildman–Crippen MR) is 133 cm³/mol. The third-order valence-electron chi connectivity index (χ3n) is 4.78. The summed E-state index contributed by atoms with van der Waals surface area (Å²) in [6, 6.07) is 20.0. The molecule has 3 aromatic rings. The van der Waals surface area contributed by atoms with Crippen LogP contribution in [0.3, 0.4) is 0 Å². The van der Waals surface area contributed by atoms with Gasteiger partial charge in [-0.25, -0.2) is 0 Å². The van der Waals surface area contributed by atoms with Crippen LogP contribution in [0.15, 0.2) is 66.7 Å². The summed E-state index contributed by atoms with van der Waals surface area (Å²) < 4.78 is 4.85. The maximum Gasteiger partial charge on any atom is 0.160 e. The lowest BCUT2D eigenvalue weighted by molar-refractivity contribution is 0.373. The Hall–Kier alpha value is -3.14. The van der Waals surface area contributed by atoms with Crippen LogP contribution in [0.2, 0.25) is 0 Å². The zero-order valence-corrected chi connectivity index (χ0v) is 20.6. The topological polar surface area (TPSA) is 69.9 Å². The Labute approximate surface area is 193 Å². The van der Waals surface area contributed by atoms with Gasteiger partial charge in [-0.15, -0.1) is 0 Å². The smallest absolute Gasteiger partial charge is 0.160 e. The lowest BCUT2D eigenvalue weighted by Gasteiger charge is -2.18. The van der Waals surface area contributed by atoms with E-state index in [1.807, 2.05) is 37.3 Å². The van der Waals surface area contributed by atoms with Gasteiger partial charge in [0.15, 0.2) is 11.5 Å². The standard InChI is InChI=1S/2C10H14O.C8H10O2/c1-10(2,3)8-4-6-9(11)7-5-8;1-10(2,3)8-5-4-6-9(11)7-8;1-6-3-4-8(10-2)7(9)5-6/h2*4-7,11H,1-3H3;3-5,9H,1-2H3. The monoisotopic (exact) mass is 438 g/mol. The van der Waals surface area contributed by atoms with E-state index in [4.69, 9.17) is 14.9 Å². The first kappa shape index (κ1) is 26.9. The number of ether oxygens (including phenoxy) is 1. The zero-order chi connectivity index (χ0) is 24.5. The van der Waals surface area contributed by atoms with E-state index in [-0.39, 0.29) is 16.6 Å². The van der Waals surface area contributed by atoms with Crippen LogP contribution < -0.4 is 4.74 Å². The third kappa shape index (κ3) is 9.34. The Morgan fingerprint density at radius 1 is 0.625 bits per heavy atom. The molecule has 0 heterocycles. The molecule has 0 bridgehead atoms. The first-order chi connectivity index (χ1) is 14.7. The summed E-state index contributed by atoms with van der Waals surface area (Å²) in [4.78, 5) is 0. The number of benzene rings is 3. The highest BCUT2D eigenvalue weighted by Crippen LogP contribution is 2.26. The summed E-state index contributed by atoms with van der Waals surface area (Å²) in [7, 11) is 1.53. The van der Waals surface area contributed by atoms with Gasteiger partial charge in [0.05, 0.1) is 7.11 Å². The molecular weight excluding hydrogens is 400 g/mol. The van der Waals surface area contributed by atoms with Gasteiger partial charge in [0.1, 0.15) is 11.5 Å². The summed E-state index contributed by atoms with van der Waals surface area (Å²) in [5.41, 5.74) is 3.73. The van der Waals surface area contributed by atoms with Crippen LogP contribution >= 0.6 is 0 Å². The fraction of sp³-hybridized carbons (Fsp3) is 0.357. The number of aryl methyl sites for hydroxylation is 1. The highest BCUT2D eigenvalue weighted by Gasteiger charge is 2.13. The quantitative estimate of drug-likeness (QED) is 0.379. The number of rotatable bonds is 1. The summed E-state index contributed by atoms with van der Waals surface area (Å²) in [6.45, 7) is 14.8. The molecule has 0 fully saturated rings. The van der Waals surface area contributed by atoms with E-state index in [2.05, 4.69) is 41.5 Å². The van der Waals surface area contributed by atoms with Gasteiger partial charge in [-0.1, -0.05) is 71.9 Å². The minimum atomic E-state index is 0.124. The van der Waals surface area contributed by atoms with Crippen LogP contribution in [0.5, 0.6) is 23.0 Å². The molecule has 0 spiro atoms. The molecule has 4 heteroatoms. The number of phenols is 3. The number of hydrogen-bond donors (Lipinski definition) is 3. The average Bonchev–Trinajstić information content (AvgIpc) is 2.68. The lowest BCUT2D eigenvalue weighted by atomic mass is 9.87. The molecule has 0 aliphatic heterocycles. The minimum absolute atomic E-state index is 0.124. The molecule has 0 aliphatic carbocycles. The fourth-order valence-electron chi connectivity index (χ4n) is 2.73. The fourth-order valence-corrected chi connectivity index (χ4v) is 2.73. The maximum atomic E-state index is 9.18. The normalized spacial score (nSPS) is 10.9. The summed E-state index contributed by atoms with van der Waals surface area (Å²) in [6.07, 6.45) is 0. The van der Waals surface area contributed by atoms with Crippen LogP contribution in [0.25, 0.3) is 0 Å². The molecule has 0 saturated carbocycles. The van der Waals surface area contributed by atoms with Gasteiger partial charge in [-0.05, 0) is 70.8 Å². The van der Waals surface area contributed by atoms with Crippen LogP contribution in [-0.2, 0) is 10.8 Å². The van der Waals surface area contributed by atoms with Crippen LogP contribution in [0, 0.1) is 6.92 Å². The molecule has 0 radical (unpaired) electrons. The van der Waals surface area contributed by atoms with Crippen molar-refractivity contribution < 1.29 is 20.1 Å². The number of aromatic hydroxyl groups is 3. The van der Waals surface area contributed by atoms with Gasteiger partial charge in [-0.3, -0.25) is 0 Å². The Balaban J connectivity index is 0.000000240. The molecular formula is C28H38O4. The molecule has 0 atom stereocenters. The number of methoxy groups -OCH3 is 1. The summed E-state index contributed by atoms with van der Waals surface area (Å²) in [5.74, 6) is 1.39. The van der Waals surface area contributed by atoms with Gasteiger partial charge in [0, 0.05) is 0 Å². The second-order valence-corrected chi connectivity index (χ2v) is 9.77. The largest absolute Gasteiger partial charge is 0.508 e. The molecule has 174 valence electrons. The van der Waals surface area contributed by atoms with Gasteiger partial charge in [0.25, 0.3) is 0 Å². The Morgan fingerprint density at radius 2 is 1.19 bits per heavy atom. The van der Waals surface area contributed by atoms with Crippen molar-refractivity contribution in [3.63, 3.8) is 0 Å². The predicted octanol–water partition coefficient (Wildman–Crippen LogP) is 7.09. The third-order valence-corrected chi connectivity index (χ3v) is 4.78. The molecule has 32 heavy (non-hydrogen) atoms. The molecule has 0 unspecified atom stereocenters. The van der Waals surface area contributed by atoms with Crippen molar-refractivity contribution >= 4 is 0 Å². The molecule has 0 aliphatic rings. The van der Waals surface area contributed by atoms with Crippen molar-refractivity contribution in [2.45, 2.75) is 59.3 Å². The van der Waals surface area contributed by atoms with Gasteiger partial charge < -0.3 is 20.1 Å². The molecule has 3 N–H and O–H groups in total. The van der Waals surface area contributed by atoms with Crippen molar-refractivity contribution in [2.75, 3.05) is 7.11 Å². The molecule has 3 rings (SSSR count). The highest BCUT2D eigenvalue weighted by molar-refractivity contribution is 5.41. The van der Waals surface area contributed by atoms with Crippen molar-refractivity contribution in [1.29, 1.82) is 0 Å². The van der Waals surface area contributed by atoms with Crippen molar-refractivity contribution in [3.8, 4) is 23.0 Å². The molecule has 0 amide bonds. The minimum Gasteiger partial charge on any atom is -0.508 e. The molecule has 0 saturated heterocycles. The van der Waals surface area contributed by atoms with E-state index >= 15 is 0 Å². The number of hydrogen-bond acceptors (Lipinski definition) is 4. The van der Waals surface area contributed by atoms with E-state index in [1.165, 1.54) is 12.7 Å². The van der Waals surface area contributed by atoms with Gasteiger partial charge >= 0.3 is 0 Å². The van der Waals surface area contributed by atoms with Crippen LogP contribution in [0.4, 0.5) is 0 Å². The Morgan fingerprint density at radius 3 is 1.59 bits per heavy atom. The summed E-state index contributed by atoms with van der Waals surface area (Å²) >= 11 is 0. The van der Waals surface area contributed by atoms with Crippen LogP contribution in [0.1, 0.15) is 58.2 Å². The van der Waals surface area contributed by atoms with Crippen LogP contribution in [-0.4, -0.2) is 22.4 Å². The van der Waals surface area contributed by atoms with E-state index in [1.54, 1.807) is 36.4 Å². The van der Waals surface area contributed by atoms with E-state index in [0.29, 0.717) is 17.2 Å². The van der Waals surface area contributed by atoms with E-state index in [9.17, 15) is 5.11 Å². The van der Waals surface area contributed by atoms with Gasteiger partial charge in [-0.2, -0.15) is 0 Å². The Bertz CT molecular complexity index is 962. The molecule has 4 nitrogen and oxygen atoms in total. The van der Waals surface area contributed by atoms with Crippen molar-refractivity contribution in [3.05, 3.63) is 83.4 Å². The number of phenolic OH excluding ortho intramolecular Hbond substituents is 3. The van der Waals surface area contributed by atoms with E-state index < -0.39 is 0 Å². The lowest BCUT2D eigenvalue weighted by Crippen LogP contribution is -2.10. The SMILES string of the molecule is CC(C)(C)c1ccc(O)cc1.CC(C)(C)c1cccc(O)c1.COc1ccc(C)cc1O. The summed E-state index contributed by atoms with van der Waals surface area (Å²) in [5, 5.41) is 27.4. The van der Waals surface area contributed by atoms with Gasteiger partial charge in [0.2, 0.25) is 0 Å². The van der Waals surface area contributed by atoms with Crippen molar-refractivity contribution in [2.24, 2.45) is 0 Å². The molecule has 3 aromatic carbocycles.